The van der Waals surface area contributed by atoms with Crippen molar-refractivity contribution in [2.75, 3.05) is 0 Å². The summed E-state index contributed by atoms with van der Waals surface area (Å²) in [5, 5.41) is 10.4. The van der Waals surface area contributed by atoms with Crippen LogP contribution in [0.25, 0.3) is 10.9 Å². The molecule has 2 N–H and O–H groups in total. The predicted octanol–water partition coefficient (Wildman–Crippen LogP) is 2.92. The summed E-state index contributed by atoms with van der Waals surface area (Å²) in [7, 11) is 0. The second kappa shape index (κ2) is 3.62. The van der Waals surface area contributed by atoms with Gasteiger partial charge in [-0.3, -0.25) is 4.79 Å². The number of carboxylic acid groups (broad SMARTS) is 1. The summed E-state index contributed by atoms with van der Waals surface area (Å²) in [5.41, 5.74) is 3.55. The molecule has 2 atom stereocenters. The standard InChI is InChI=1S/C14H15NO2/c1-8-6-9(14(16)17)7-11-10-4-2-3-5-12(10)15-13(8)11/h2-5,8-9,15H,6-7H2,1H3,(H,16,17). The maximum Gasteiger partial charge on any atom is 0.306 e. The number of hydrogen-bond acceptors (Lipinski definition) is 1. The molecule has 0 radical (unpaired) electrons. The van der Waals surface area contributed by atoms with Gasteiger partial charge in [0.05, 0.1) is 5.92 Å². The van der Waals surface area contributed by atoms with Gasteiger partial charge in [0, 0.05) is 16.6 Å². The summed E-state index contributed by atoms with van der Waals surface area (Å²) in [4.78, 5) is 14.6. The minimum atomic E-state index is -0.673. The molecule has 0 spiro atoms. The second-order valence-corrected chi connectivity index (χ2v) is 4.94. The van der Waals surface area contributed by atoms with Crippen molar-refractivity contribution >= 4 is 16.9 Å². The SMILES string of the molecule is CC1CC(C(=O)O)Cc2c1[nH]c1ccccc21. The zero-order valence-corrected chi connectivity index (χ0v) is 9.73. The molecular formula is C14H15NO2. The van der Waals surface area contributed by atoms with E-state index in [9.17, 15) is 9.90 Å². The monoisotopic (exact) mass is 229 g/mol. The quantitative estimate of drug-likeness (QED) is 0.790. The summed E-state index contributed by atoms with van der Waals surface area (Å²) in [6.07, 6.45) is 1.38. The molecular weight excluding hydrogens is 214 g/mol. The average Bonchev–Trinajstić information content (AvgIpc) is 2.68. The molecule has 0 fully saturated rings. The van der Waals surface area contributed by atoms with Gasteiger partial charge in [-0.15, -0.1) is 0 Å². The van der Waals surface area contributed by atoms with E-state index in [0.717, 1.165) is 11.9 Å². The molecule has 3 nitrogen and oxygen atoms in total. The number of benzene rings is 1. The van der Waals surface area contributed by atoms with Crippen LogP contribution >= 0.6 is 0 Å². The highest BCUT2D eigenvalue weighted by atomic mass is 16.4. The topological polar surface area (TPSA) is 53.1 Å². The first-order valence-electron chi connectivity index (χ1n) is 5.99. The fourth-order valence-electron chi connectivity index (χ4n) is 2.92. The van der Waals surface area contributed by atoms with Crippen LogP contribution in [0.3, 0.4) is 0 Å². The molecule has 3 rings (SSSR count). The normalized spacial score (nSPS) is 23.6. The molecule has 3 heteroatoms. The fourth-order valence-corrected chi connectivity index (χ4v) is 2.92. The lowest BCUT2D eigenvalue weighted by Crippen LogP contribution is -2.23. The van der Waals surface area contributed by atoms with Crippen molar-refractivity contribution in [3.63, 3.8) is 0 Å². The van der Waals surface area contributed by atoms with Crippen molar-refractivity contribution in [1.29, 1.82) is 0 Å². The molecule has 0 saturated carbocycles. The van der Waals surface area contributed by atoms with E-state index >= 15 is 0 Å². The number of para-hydroxylation sites is 1. The fraction of sp³-hybridized carbons (Fsp3) is 0.357. The Hall–Kier alpha value is -1.77. The van der Waals surface area contributed by atoms with Crippen LogP contribution in [0, 0.1) is 5.92 Å². The molecule has 1 heterocycles. The smallest absolute Gasteiger partial charge is 0.306 e. The number of aromatic amines is 1. The molecule has 1 aliphatic rings. The summed E-state index contributed by atoms with van der Waals surface area (Å²) >= 11 is 0. The van der Waals surface area contributed by atoms with Gasteiger partial charge in [0.15, 0.2) is 0 Å². The Bertz CT molecular complexity index is 585. The Morgan fingerprint density at radius 2 is 2.18 bits per heavy atom. The van der Waals surface area contributed by atoms with E-state index in [1.807, 2.05) is 12.1 Å². The van der Waals surface area contributed by atoms with Crippen molar-refractivity contribution in [1.82, 2.24) is 4.98 Å². The number of carbonyl (C=O) groups is 1. The van der Waals surface area contributed by atoms with Gasteiger partial charge in [-0.05, 0) is 30.4 Å². The number of carboxylic acids is 1. The van der Waals surface area contributed by atoms with Crippen LogP contribution in [0.15, 0.2) is 24.3 Å². The third-order valence-electron chi connectivity index (χ3n) is 3.78. The number of H-pyrrole nitrogens is 1. The minimum absolute atomic E-state index is 0.239. The average molecular weight is 229 g/mol. The predicted molar refractivity (Wildman–Crippen MR) is 66.2 cm³/mol. The van der Waals surface area contributed by atoms with E-state index in [2.05, 4.69) is 24.0 Å². The molecule has 1 aliphatic carbocycles. The first-order chi connectivity index (χ1) is 8.16. The highest BCUT2D eigenvalue weighted by Gasteiger charge is 2.31. The van der Waals surface area contributed by atoms with Gasteiger partial charge >= 0.3 is 5.97 Å². The van der Waals surface area contributed by atoms with Crippen molar-refractivity contribution in [3.8, 4) is 0 Å². The van der Waals surface area contributed by atoms with Gasteiger partial charge in [0.1, 0.15) is 0 Å². The van der Waals surface area contributed by atoms with Gasteiger partial charge < -0.3 is 10.1 Å². The van der Waals surface area contributed by atoms with Gasteiger partial charge in [0.2, 0.25) is 0 Å². The van der Waals surface area contributed by atoms with E-state index in [0.29, 0.717) is 12.3 Å². The van der Waals surface area contributed by atoms with Crippen molar-refractivity contribution in [3.05, 3.63) is 35.5 Å². The highest BCUT2D eigenvalue weighted by molar-refractivity contribution is 5.86. The van der Waals surface area contributed by atoms with Gasteiger partial charge in [-0.2, -0.15) is 0 Å². The van der Waals surface area contributed by atoms with Crippen LogP contribution in [-0.2, 0) is 11.2 Å². The van der Waals surface area contributed by atoms with Crippen LogP contribution in [-0.4, -0.2) is 16.1 Å². The largest absolute Gasteiger partial charge is 0.481 e. The summed E-state index contributed by atoms with van der Waals surface area (Å²) in [6.45, 7) is 2.10. The van der Waals surface area contributed by atoms with E-state index in [1.165, 1.54) is 16.6 Å². The third kappa shape index (κ3) is 1.54. The maximum absolute atomic E-state index is 11.2. The molecule has 1 aromatic heterocycles. The first kappa shape index (κ1) is 10.4. The zero-order chi connectivity index (χ0) is 12.0. The summed E-state index contributed by atoms with van der Waals surface area (Å²) in [5.74, 6) is -0.614. The Morgan fingerprint density at radius 3 is 2.94 bits per heavy atom. The lowest BCUT2D eigenvalue weighted by atomic mass is 9.80. The third-order valence-corrected chi connectivity index (χ3v) is 3.78. The minimum Gasteiger partial charge on any atom is -0.481 e. The second-order valence-electron chi connectivity index (χ2n) is 4.94. The molecule has 1 aromatic carbocycles. The van der Waals surface area contributed by atoms with E-state index in [1.54, 1.807) is 0 Å². The van der Waals surface area contributed by atoms with Crippen LogP contribution < -0.4 is 0 Å². The number of aliphatic carboxylic acids is 1. The Labute approximate surface area is 99.5 Å². The number of rotatable bonds is 1. The Morgan fingerprint density at radius 1 is 1.41 bits per heavy atom. The van der Waals surface area contributed by atoms with Crippen molar-refractivity contribution in [2.24, 2.45) is 5.92 Å². The Balaban J connectivity index is 2.16. The number of fused-ring (bicyclic) bond motifs is 3. The number of hydrogen-bond donors (Lipinski definition) is 2. The van der Waals surface area contributed by atoms with Crippen LogP contribution in [0.2, 0.25) is 0 Å². The number of nitrogens with one attached hydrogen (secondary N) is 1. The van der Waals surface area contributed by atoms with Crippen molar-refractivity contribution < 1.29 is 9.90 Å². The molecule has 2 aromatic rings. The molecule has 2 unspecified atom stereocenters. The number of aromatic nitrogens is 1. The van der Waals surface area contributed by atoms with Gasteiger partial charge in [-0.25, -0.2) is 0 Å². The molecule has 0 aliphatic heterocycles. The van der Waals surface area contributed by atoms with Gasteiger partial charge in [0.25, 0.3) is 0 Å². The van der Waals surface area contributed by atoms with Crippen LogP contribution in [0.5, 0.6) is 0 Å². The summed E-state index contributed by atoms with van der Waals surface area (Å²) in [6, 6.07) is 8.13. The molecule has 17 heavy (non-hydrogen) atoms. The van der Waals surface area contributed by atoms with Crippen LogP contribution in [0.4, 0.5) is 0 Å². The van der Waals surface area contributed by atoms with E-state index in [4.69, 9.17) is 0 Å². The first-order valence-corrected chi connectivity index (χ1v) is 5.99. The van der Waals surface area contributed by atoms with Gasteiger partial charge in [-0.1, -0.05) is 25.1 Å². The molecule has 88 valence electrons. The lowest BCUT2D eigenvalue weighted by Gasteiger charge is -2.24. The summed E-state index contributed by atoms with van der Waals surface area (Å²) < 4.78 is 0. The van der Waals surface area contributed by atoms with E-state index < -0.39 is 5.97 Å². The van der Waals surface area contributed by atoms with E-state index in [-0.39, 0.29) is 5.92 Å². The van der Waals surface area contributed by atoms with Crippen LogP contribution in [0.1, 0.15) is 30.5 Å². The van der Waals surface area contributed by atoms with Crippen molar-refractivity contribution in [2.45, 2.75) is 25.7 Å². The molecule has 0 bridgehead atoms. The zero-order valence-electron chi connectivity index (χ0n) is 9.73. The Kier molecular flexibility index (Phi) is 2.21. The highest BCUT2D eigenvalue weighted by Crippen LogP contribution is 2.38. The molecule has 0 saturated heterocycles. The molecule has 0 amide bonds. The maximum atomic E-state index is 11.2. The lowest BCUT2D eigenvalue weighted by molar-refractivity contribution is -0.142.